The zero-order valence-corrected chi connectivity index (χ0v) is 15.7. The first kappa shape index (κ1) is 18.0. The normalized spacial score (nSPS) is 23.3. The second-order valence-electron chi connectivity index (χ2n) is 7.19. The van der Waals surface area contributed by atoms with E-state index in [2.05, 4.69) is 11.5 Å². The molecule has 2 atom stereocenters. The lowest BCUT2D eigenvalue weighted by Crippen LogP contribution is -2.49. The molecule has 3 fully saturated rings. The quantitative estimate of drug-likeness (QED) is 0.817. The van der Waals surface area contributed by atoms with Crippen LogP contribution in [0.3, 0.4) is 0 Å². The van der Waals surface area contributed by atoms with Gasteiger partial charge in [0, 0.05) is 50.7 Å². The predicted octanol–water partition coefficient (Wildman–Crippen LogP) is 1.83. The smallest absolute Gasteiger partial charge is 0.255 e. The van der Waals surface area contributed by atoms with Gasteiger partial charge < -0.3 is 19.1 Å². The molecule has 2 amide bonds. The average molecular weight is 347 g/mol. The summed E-state index contributed by atoms with van der Waals surface area (Å²) in [4.78, 5) is 29.7. The second-order valence-corrected chi connectivity index (χ2v) is 7.19. The van der Waals surface area contributed by atoms with Crippen LogP contribution < -0.4 is 0 Å². The highest BCUT2D eigenvalue weighted by Gasteiger charge is 2.42. The molecule has 0 unspecified atom stereocenters. The van der Waals surface area contributed by atoms with Crippen LogP contribution in [0.2, 0.25) is 0 Å². The molecule has 6 nitrogen and oxygen atoms in total. The minimum absolute atomic E-state index is 0.0612. The highest BCUT2D eigenvalue weighted by molar-refractivity contribution is 5.96. The summed E-state index contributed by atoms with van der Waals surface area (Å²) in [6.07, 6.45) is 1.85. The summed E-state index contributed by atoms with van der Waals surface area (Å²) in [6.45, 7) is 9.31. The Hall–Kier alpha value is -1.82. The van der Waals surface area contributed by atoms with Crippen molar-refractivity contribution >= 4 is 11.8 Å². The molecule has 3 aliphatic heterocycles. The first-order chi connectivity index (χ1) is 12.0. The summed E-state index contributed by atoms with van der Waals surface area (Å²) in [6, 6.07) is 2.10. The molecule has 0 saturated carbocycles. The molecule has 2 bridgehead atoms. The van der Waals surface area contributed by atoms with E-state index in [0.717, 1.165) is 36.3 Å². The number of methoxy groups -OCH3 is 1. The summed E-state index contributed by atoms with van der Waals surface area (Å²) in [5, 5.41) is 0. The van der Waals surface area contributed by atoms with Crippen LogP contribution in [0.5, 0.6) is 0 Å². The number of hydrogen-bond donors (Lipinski definition) is 0. The summed E-state index contributed by atoms with van der Waals surface area (Å²) in [5.74, 6) is 0.169. The largest absolute Gasteiger partial charge is 0.383 e. The Labute approximate surface area is 149 Å². The predicted molar refractivity (Wildman–Crippen MR) is 95.6 cm³/mol. The highest BCUT2D eigenvalue weighted by atomic mass is 16.5. The van der Waals surface area contributed by atoms with Gasteiger partial charge in [-0.05, 0) is 39.7 Å². The molecule has 138 valence electrons. The van der Waals surface area contributed by atoms with Crippen molar-refractivity contribution in [2.75, 3.05) is 33.4 Å². The van der Waals surface area contributed by atoms with E-state index < -0.39 is 0 Å². The summed E-state index contributed by atoms with van der Waals surface area (Å²) >= 11 is 0. The topological polar surface area (TPSA) is 54.8 Å². The third-order valence-electron chi connectivity index (χ3n) is 5.74. The standard InChI is InChI=1S/C19H29N3O3/c1-5-21-13(2)10-17(14(21)3)19(24)20-11-15-6-7-16(12-20)22(18(15)23)8-9-25-4/h10,15-16H,5-9,11-12H2,1-4H3/t15-,16+/m0/s1. The second kappa shape index (κ2) is 7.20. The number of carbonyl (C=O) groups excluding carboxylic acids is 2. The van der Waals surface area contributed by atoms with Gasteiger partial charge in [-0.2, -0.15) is 0 Å². The van der Waals surface area contributed by atoms with Gasteiger partial charge in [-0.1, -0.05) is 0 Å². The molecule has 1 aromatic heterocycles. The van der Waals surface area contributed by atoms with Crippen LogP contribution in [0.15, 0.2) is 6.07 Å². The van der Waals surface area contributed by atoms with Gasteiger partial charge in [-0.3, -0.25) is 9.59 Å². The fourth-order valence-electron chi connectivity index (χ4n) is 4.36. The van der Waals surface area contributed by atoms with Crippen LogP contribution >= 0.6 is 0 Å². The van der Waals surface area contributed by atoms with E-state index in [1.807, 2.05) is 29.7 Å². The van der Waals surface area contributed by atoms with E-state index in [0.29, 0.717) is 26.2 Å². The maximum absolute atomic E-state index is 13.2. The number of amides is 2. The molecule has 0 aromatic carbocycles. The maximum atomic E-state index is 13.2. The number of carbonyl (C=O) groups is 2. The van der Waals surface area contributed by atoms with Gasteiger partial charge in [0.15, 0.2) is 0 Å². The van der Waals surface area contributed by atoms with E-state index in [1.54, 1.807) is 7.11 Å². The Bertz CT molecular complexity index is 667. The Kier molecular flexibility index (Phi) is 5.18. The van der Waals surface area contributed by atoms with Gasteiger partial charge in [0.1, 0.15) is 0 Å². The molecular weight excluding hydrogens is 318 g/mol. The van der Waals surface area contributed by atoms with Crippen molar-refractivity contribution < 1.29 is 14.3 Å². The van der Waals surface area contributed by atoms with Crippen LogP contribution in [0, 0.1) is 19.8 Å². The number of rotatable bonds is 5. The number of piperidine rings is 1. The van der Waals surface area contributed by atoms with Crippen LogP contribution in [-0.4, -0.2) is 65.6 Å². The number of nitrogens with zero attached hydrogens (tertiary/aromatic N) is 3. The van der Waals surface area contributed by atoms with Crippen molar-refractivity contribution in [3.63, 3.8) is 0 Å². The molecule has 0 aliphatic carbocycles. The molecule has 4 heterocycles. The van der Waals surface area contributed by atoms with Crippen LogP contribution in [0.1, 0.15) is 41.5 Å². The van der Waals surface area contributed by atoms with E-state index in [4.69, 9.17) is 4.74 Å². The number of aryl methyl sites for hydroxylation is 1. The molecule has 25 heavy (non-hydrogen) atoms. The highest BCUT2D eigenvalue weighted by Crippen LogP contribution is 2.30. The summed E-state index contributed by atoms with van der Waals surface area (Å²) in [7, 11) is 1.65. The third kappa shape index (κ3) is 3.19. The van der Waals surface area contributed by atoms with Gasteiger partial charge in [-0.15, -0.1) is 0 Å². The van der Waals surface area contributed by atoms with Gasteiger partial charge in [-0.25, -0.2) is 0 Å². The lowest BCUT2D eigenvalue weighted by molar-refractivity contribution is -0.140. The molecule has 0 spiro atoms. The lowest BCUT2D eigenvalue weighted by Gasteiger charge is -2.35. The zero-order valence-electron chi connectivity index (χ0n) is 15.7. The number of hydrogen-bond acceptors (Lipinski definition) is 3. The molecule has 4 rings (SSSR count). The Morgan fingerprint density at radius 2 is 2.04 bits per heavy atom. The third-order valence-corrected chi connectivity index (χ3v) is 5.74. The first-order valence-corrected chi connectivity index (χ1v) is 9.23. The van der Waals surface area contributed by atoms with Crippen LogP contribution in [0.25, 0.3) is 0 Å². The van der Waals surface area contributed by atoms with Gasteiger partial charge in [0.05, 0.1) is 18.1 Å². The Morgan fingerprint density at radius 3 is 2.68 bits per heavy atom. The molecule has 0 N–H and O–H groups in total. The summed E-state index contributed by atoms with van der Waals surface area (Å²) < 4.78 is 7.31. The van der Waals surface area contributed by atoms with Crippen molar-refractivity contribution in [3.8, 4) is 0 Å². The van der Waals surface area contributed by atoms with Gasteiger partial charge >= 0.3 is 0 Å². The summed E-state index contributed by atoms with van der Waals surface area (Å²) in [5.41, 5.74) is 2.90. The molecule has 6 heteroatoms. The van der Waals surface area contributed by atoms with Crippen molar-refractivity contribution in [3.05, 3.63) is 23.0 Å². The minimum atomic E-state index is -0.0748. The fraction of sp³-hybridized carbons (Fsp3) is 0.684. The SMILES string of the molecule is CCn1c(C)cc(C(=O)N2C[C@@H]3CC[C@H](C2)N(CCOC)C3=O)c1C. The molecule has 3 saturated heterocycles. The van der Waals surface area contributed by atoms with E-state index in [9.17, 15) is 9.59 Å². The number of aromatic nitrogens is 1. The van der Waals surface area contributed by atoms with Crippen molar-refractivity contribution in [2.24, 2.45) is 5.92 Å². The van der Waals surface area contributed by atoms with E-state index in [-0.39, 0.29) is 23.8 Å². The Morgan fingerprint density at radius 1 is 1.28 bits per heavy atom. The Balaban J connectivity index is 1.82. The van der Waals surface area contributed by atoms with Crippen molar-refractivity contribution in [1.29, 1.82) is 0 Å². The monoisotopic (exact) mass is 347 g/mol. The fourth-order valence-corrected chi connectivity index (χ4v) is 4.36. The average Bonchev–Trinajstić information content (AvgIpc) is 2.75. The van der Waals surface area contributed by atoms with Crippen molar-refractivity contribution in [2.45, 2.75) is 46.2 Å². The lowest BCUT2D eigenvalue weighted by atomic mass is 9.94. The first-order valence-electron chi connectivity index (χ1n) is 9.23. The van der Waals surface area contributed by atoms with Crippen molar-refractivity contribution in [1.82, 2.24) is 14.4 Å². The maximum Gasteiger partial charge on any atom is 0.255 e. The van der Waals surface area contributed by atoms with E-state index in [1.165, 1.54) is 0 Å². The minimum Gasteiger partial charge on any atom is -0.383 e. The number of fused-ring (bicyclic) bond motifs is 4. The van der Waals surface area contributed by atoms with E-state index >= 15 is 0 Å². The molecule has 3 aliphatic rings. The number of ether oxygens (including phenoxy) is 1. The van der Waals surface area contributed by atoms with Crippen LogP contribution in [0.4, 0.5) is 0 Å². The van der Waals surface area contributed by atoms with Gasteiger partial charge in [0.25, 0.3) is 5.91 Å². The molecule has 1 aromatic rings. The molecule has 0 radical (unpaired) electrons. The van der Waals surface area contributed by atoms with Gasteiger partial charge in [0.2, 0.25) is 5.91 Å². The zero-order chi connectivity index (χ0) is 18.1. The molecular formula is C19H29N3O3. The van der Waals surface area contributed by atoms with Crippen LogP contribution in [-0.2, 0) is 16.1 Å².